The first-order valence-electron chi connectivity index (χ1n) is 3.60. The predicted octanol–water partition coefficient (Wildman–Crippen LogP) is 1.23. The predicted molar refractivity (Wildman–Crippen MR) is 48.1 cm³/mol. The normalized spacial score (nSPS) is 11.3. The molecule has 0 unspecified atom stereocenters. The van der Waals surface area contributed by atoms with E-state index in [9.17, 15) is 0 Å². The average molecular weight is 164 g/mol. The SMILES string of the molecule is CCO[SiH2]CCCCS. The van der Waals surface area contributed by atoms with Crippen LogP contribution in [0.3, 0.4) is 0 Å². The first-order valence-corrected chi connectivity index (χ1v) is 5.81. The minimum atomic E-state index is -0.143. The molecule has 0 rings (SSSR count). The molecule has 0 N–H and O–H groups in total. The van der Waals surface area contributed by atoms with Gasteiger partial charge in [-0.3, -0.25) is 0 Å². The number of hydrogen-bond acceptors (Lipinski definition) is 2. The smallest absolute Gasteiger partial charge is 0.161 e. The molecule has 56 valence electrons. The number of unbranched alkanes of at least 4 members (excludes halogenated alkanes) is 1. The Bertz CT molecular complexity index is 46.3. The van der Waals surface area contributed by atoms with E-state index >= 15 is 0 Å². The first-order chi connectivity index (χ1) is 4.41. The Morgan fingerprint density at radius 2 is 2.22 bits per heavy atom. The van der Waals surface area contributed by atoms with Gasteiger partial charge in [0.05, 0.1) is 0 Å². The van der Waals surface area contributed by atoms with Crippen molar-refractivity contribution in [2.75, 3.05) is 12.4 Å². The third-order valence-corrected chi connectivity index (χ3v) is 2.95. The molecule has 0 aromatic heterocycles. The molecule has 0 saturated heterocycles. The van der Waals surface area contributed by atoms with E-state index in [1.54, 1.807) is 0 Å². The van der Waals surface area contributed by atoms with Crippen LogP contribution in [0.2, 0.25) is 6.04 Å². The van der Waals surface area contributed by atoms with Crippen molar-refractivity contribution in [3.05, 3.63) is 0 Å². The Kier molecular flexibility index (Phi) is 9.03. The van der Waals surface area contributed by atoms with Crippen LogP contribution >= 0.6 is 12.6 Å². The van der Waals surface area contributed by atoms with Crippen LogP contribution in [0.4, 0.5) is 0 Å². The Labute approximate surface area is 65.5 Å². The summed E-state index contributed by atoms with van der Waals surface area (Å²) in [4.78, 5) is 0. The molecular formula is C6H16OSSi. The van der Waals surface area contributed by atoms with Crippen LogP contribution in [-0.2, 0) is 4.43 Å². The molecule has 0 heterocycles. The second-order valence-electron chi connectivity index (χ2n) is 1.98. The molecule has 3 heteroatoms. The van der Waals surface area contributed by atoms with Crippen LogP contribution in [0.25, 0.3) is 0 Å². The Morgan fingerprint density at radius 1 is 1.44 bits per heavy atom. The van der Waals surface area contributed by atoms with Gasteiger partial charge in [-0.25, -0.2) is 0 Å². The van der Waals surface area contributed by atoms with Crippen molar-refractivity contribution in [1.82, 2.24) is 0 Å². The summed E-state index contributed by atoms with van der Waals surface area (Å²) >= 11 is 4.12. The lowest BCUT2D eigenvalue weighted by Crippen LogP contribution is -1.96. The topological polar surface area (TPSA) is 9.23 Å². The highest BCUT2D eigenvalue weighted by Crippen LogP contribution is 1.96. The molecule has 1 nitrogen and oxygen atoms in total. The highest BCUT2D eigenvalue weighted by molar-refractivity contribution is 7.80. The number of hydrogen-bond donors (Lipinski definition) is 1. The highest BCUT2D eigenvalue weighted by Gasteiger charge is 1.86. The minimum Gasteiger partial charge on any atom is -0.424 e. The van der Waals surface area contributed by atoms with Gasteiger partial charge in [-0.15, -0.1) is 0 Å². The van der Waals surface area contributed by atoms with E-state index in [2.05, 4.69) is 19.6 Å². The molecule has 0 atom stereocenters. The fourth-order valence-electron chi connectivity index (χ4n) is 0.637. The maximum absolute atomic E-state index is 5.29. The van der Waals surface area contributed by atoms with Crippen molar-refractivity contribution >= 4 is 22.4 Å². The van der Waals surface area contributed by atoms with Crippen molar-refractivity contribution in [3.63, 3.8) is 0 Å². The Hall–Kier alpha value is 0.527. The standard InChI is InChI=1S/C6H16OSSi/c1-2-7-9-6-4-3-5-8/h8H,2-6,9H2,1H3. The lowest BCUT2D eigenvalue weighted by Gasteiger charge is -1.97. The van der Waals surface area contributed by atoms with E-state index in [1.807, 2.05) is 0 Å². The molecule has 0 spiro atoms. The molecule has 0 saturated carbocycles. The van der Waals surface area contributed by atoms with Crippen molar-refractivity contribution in [1.29, 1.82) is 0 Å². The van der Waals surface area contributed by atoms with Gasteiger partial charge in [0, 0.05) is 6.61 Å². The maximum Gasteiger partial charge on any atom is 0.161 e. The molecule has 9 heavy (non-hydrogen) atoms. The monoisotopic (exact) mass is 164 g/mol. The van der Waals surface area contributed by atoms with Gasteiger partial charge in [0.2, 0.25) is 0 Å². The van der Waals surface area contributed by atoms with E-state index in [4.69, 9.17) is 4.43 Å². The van der Waals surface area contributed by atoms with E-state index in [0.717, 1.165) is 12.4 Å². The number of rotatable bonds is 6. The Balaban J connectivity index is 2.60. The summed E-state index contributed by atoms with van der Waals surface area (Å²) in [6, 6.07) is 1.33. The van der Waals surface area contributed by atoms with Crippen molar-refractivity contribution in [3.8, 4) is 0 Å². The van der Waals surface area contributed by atoms with Gasteiger partial charge in [-0.1, -0.05) is 6.42 Å². The molecule has 0 aliphatic heterocycles. The van der Waals surface area contributed by atoms with Crippen LogP contribution in [-0.4, -0.2) is 22.1 Å². The largest absolute Gasteiger partial charge is 0.424 e. The van der Waals surface area contributed by atoms with Gasteiger partial charge in [0.25, 0.3) is 0 Å². The van der Waals surface area contributed by atoms with E-state index in [1.165, 1.54) is 18.9 Å². The molecule has 0 fully saturated rings. The molecule has 0 aromatic carbocycles. The summed E-state index contributed by atoms with van der Waals surface area (Å²) in [5.74, 6) is 1.03. The van der Waals surface area contributed by atoms with Crippen LogP contribution < -0.4 is 0 Å². The summed E-state index contributed by atoms with van der Waals surface area (Å²) in [7, 11) is -0.143. The van der Waals surface area contributed by atoms with E-state index in [0.29, 0.717) is 0 Å². The summed E-state index contributed by atoms with van der Waals surface area (Å²) in [6.45, 7) is 2.97. The molecule has 0 aromatic rings. The van der Waals surface area contributed by atoms with Gasteiger partial charge >= 0.3 is 0 Å². The molecule has 0 amide bonds. The second-order valence-corrected chi connectivity index (χ2v) is 3.95. The minimum absolute atomic E-state index is 0.143. The molecular weight excluding hydrogens is 148 g/mol. The van der Waals surface area contributed by atoms with Crippen molar-refractivity contribution < 1.29 is 4.43 Å². The number of thiol groups is 1. The van der Waals surface area contributed by atoms with Crippen LogP contribution in [0, 0.1) is 0 Å². The summed E-state index contributed by atoms with van der Waals surface area (Å²) in [5.41, 5.74) is 0. The summed E-state index contributed by atoms with van der Waals surface area (Å²) in [5, 5.41) is 0. The zero-order chi connectivity index (χ0) is 6.95. The van der Waals surface area contributed by atoms with E-state index in [-0.39, 0.29) is 9.76 Å². The van der Waals surface area contributed by atoms with Gasteiger partial charge in [0.1, 0.15) is 0 Å². The first kappa shape index (κ1) is 9.53. The third kappa shape index (κ3) is 8.53. The van der Waals surface area contributed by atoms with Crippen molar-refractivity contribution in [2.24, 2.45) is 0 Å². The lowest BCUT2D eigenvalue weighted by molar-refractivity contribution is 0.359. The molecule has 0 aliphatic carbocycles. The van der Waals surface area contributed by atoms with Gasteiger partial charge in [-0.05, 0) is 25.1 Å². The Morgan fingerprint density at radius 3 is 2.78 bits per heavy atom. The summed E-state index contributed by atoms with van der Waals surface area (Å²) < 4.78 is 5.29. The van der Waals surface area contributed by atoms with Crippen molar-refractivity contribution in [2.45, 2.75) is 25.8 Å². The zero-order valence-corrected chi connectivity index (χ0v) is 8.41. The molecule has 0 radical (unpaired) electrons. The lowest BCUT2D eigenvalue weighted by atomic mass is 10.4. The van der Waals surface area contributed by atoms with Gasteiger partial charge in [-0.2, -0.15) is 12.6 Å². The highest BCUT2D eigenvalue weighted by atomic mass is 32.1. The van der Waals surface area contributed by atoms with Crippen LogP contribution in [0.5, 0.6) is 0 Å². The van der Waals surface area contributed by atoms with E-state index < -0.39 is 0 Å². The zero-order valence-electron chi connectivity index (χ0n) is 6.10. The van der Waals surface area contributed by atoms with Gasteiger partial charge < -0.3 is 4.43 Å². The van der Waals surface area contributed by atoms with Crippen LogP contribution in [0.15, 0.2) is 0 Å². The molecule has 0 aliphatic rings. The van der Waals surface area contributed by atoms with Gasteiger partial charge in [0.15, 0.2) is 9.76 Å². The second kappa shape index (κ2) is 8.53. The maximum atomic E-state index is 5.29. The average Bonchev–Trinajstić information content (AvgIpc) is 1.89. The fourth-order valence-corrected chi connectivity index (χ4v) is 1.91. The summed E-state index contributed by atoms with van der Waals surface area (Å²) in [6.07, 6.45) is 2.57. The fraction of sp³-hybridized carbons (Fsp3) is 1.00. The third-order valence-electron chi connectivity index (χ3n) is 1.15. The van der Waals surface area contributed by atoms with Crippen LogP contribution in [0.1, 0.15) is 19.8 Å². The molecule has 0 bridgehead atoms. The quantitative estimate of drug-likeness (QED) is 0.353.